The van der Waals surface area contributed by atoms with Crippen LogP contribution in [-0.4, -0.2) is 9.97 Å². The molecule has 0 saturated carbocycles. The van der Waals surface area contributed by atoms with Gasteiger partial charge < -0.3 is 0 Å². The van der Waals surface area contributed by atoms with Crippen molar-refractivity contribution in [3.05, 3.63) is 114 Å². The number of hydrogen-bond donors (Lipinski definition) is 0. The van der Waals surface area contributed by atoms with E-state index in [2.05, 4.69) is 99.8 Å². The first-order chi connectivity index (χ1) is 18.3. The quantitative estimate of drug-likeness (QED) is 0.176. The molecule has 0 spiro atoms. The van der Waals surface area contributed by atoms with Gasteiger partial charge >= 0.3 is 0 Å². The van der Waals surface area contributed by atoms with Gasteiger partial charge in [-0.25, -0.2) is 9.97 Å². The van der Waals surface area contributed by atoms with Gasteiger partial charge in [0, 0.05) is 20.1 Å². The first kappa shape index (κ1) is 21.8. The minimum atomic E-state index is 0.521. The molecule has 1 aliphatic heterocycles. The van der Waals surface area contributed by atoms with Crippen molar-refractivity contribution < 1.29 is 0 Å². The van der Waals surface area contributed by atoms with Crippen molar-refractivity contribution in [2.75, 3.05) is 4.90 Å². The molecule has 174 valence electrons. The zero-order valence-corrected chi connectivity index (χ0v) is 21.1. The first-order valence-electron chi connectivity index (χ1n) is 11.8. The lowest BCUT2D eigenvalue weighted by molar-refractivity contribution is 1.18. The Morgan fingerprint density at radius 1 is 0.784 bits per heavy atom. The average molecular weight is 511 g/mol. The van der Waals surface area contributed by atoms with Gasteiger partial charge in [0.2, 0.25) is 0 Å². The largest absolute Gasteiger partial charge is 0.300 e. The van der Waals surface area contributed by atoms with E-state index in [0.717, 1.165) is 42.9 Å². The Morgan fingerprint density at radius 2 is 1.51 bits per heavy atom. The SMILES string of the molecule is N#C/C(=C\c1ccc(N2c3ccccc3Sc3ccccc32)s1)c1ncnc2ccc3ccccc3c12. The fourth-order valence-electron chi connectivity index (χ4n) is 4.81. The minimum Gasteiger partial charge on any atom is -0.300 e. The summed E-state index contributed by atoms with van der Waals surface area (Å²) in [6, 6.07) is 35.8. The molecule has 37 heavy (non-hydrogen) atoms. The van der Waals surface area contributed by atoms with Gasteiger partial charge in [0.05, 0.1) is 28.2 Å². The number of aromatic nitrogens is 2. The Hall–Kier alpha value is -4.44. The summed E-state index contributed by atoms with van der Waals surface area (Å²) in [4.78, 5) is 14.8. The van der Waals surface area contributed by atoms with Crippen LogP contribution in [0.2, 0.25) is 0 Å². The number of thiophene rings is 1. The summed E-state index contributed by atoms with van der Waals surface area (Å²) >= 11 is 3.45. The molecular weight excluding hydrogens is 493 g/mol. The predicted octanol–water partition coefficient (Wildman–Crippen LogP) is 8.84. The number of benzene rings is 4. The van der Waals surface area contributed by atoms with Crippen LogP contribution in [0.4, 0.5) is 16.4 Å². The van der Waals surface area contributed by atoms with Gasteiger partial charge in [-0.2, -0.15) is 5.26 Å². The lowest BCUT2D eigenvalue weighted by Gasteiger charge is -2.31. The monoisotopic (exact) mass is 510 g/mol. The number of rotatable bonds is 3. The van der Waals surface area contributed by atoms with E-state index in [9.17, 15) is 5.26 Å². The van der Waals surface area contributed by atoms with Crippen molar-refractivity contribution in [3.63, 3.8) is 0 Å². The fraction of sp³-hybridized carbons (Fsp3) is 0. The van der Waals surface area contributed by atoms with Crippen molar-refractivity contribution in [3.8, 4) is 6.07 Å². The van der Waals surface area contributed by atoms with Crippen molar-refractivity contribution in [1.29, 1.82) is 5.26 Å². The minimum absolute atomic E-state index is 0.521. The number of nitrogens with zero attached hydrogens (tertiary/aromatic N) is 4. The average Bonchev–Trinajstić information content (AvgIpc) is 3.42. The third kappa shape index (κ3) is 3.68. The molecule has 0 fully saturated rings. The number of anilines is 3. The smallest absolute Gasteiger partial charge is 0.116 e. The lowest BCUT2D eigenvalue weighted by atomic mass is 10.0. The van der Waals surface area contributed by atoms with Gasteiger partial charge in [0.1, 0.15) is 17.4 Å². The molecule has 0 aliphatic carbocycles. The van der Waals surface area contributed by atoms with Crippen LogP contribution in [0, 0.1) is 11.3 Å². The second-order valence-electron chi connectivity index (χ2n) is 8.62. The van der Waals surface area contributed by atoms with Crippen LogP contribution >= 0.6 is 23.1 Å². The molecule has 4 aromatic carbocycles. The van der Waals surface area contributed by atoms with Gasteiger partial charge in [-0.05, 0) is 59.3 Å². The first-order valence-corrected chi connectivity index (χ1v) is 13.4. The van der Waals surface area contributed by atoms with Crippen LogP contribution in [0.3, 0.4) is 0 Å². The van der Waals surface area contributed by atoms with Crippen LogP contribution in [0.25, 0.3) is 33.3 Å². The third-order valence-electron chi connectivity index (χ3n) is 6.45. The van der Waals surface area contributed by atoms with Crippen LogP contribution in [-0.2, 0) is 0 Å². The fourth-order valence-corrected chi connectivity index (χ4v) is 6.85. The molecular formula is C31H18N4S2. The molecule has 6 heteroatoms. The standard InChI is InChI=1S/C31H18N4S2/c32-18-21(31-30-23-8-2-1-7-20(23)13-15-24(30)33-19-34-31)17-22-14-16-29(36-22)35-25-9-3-5-11-27(25)37-28-12-6-4-10-26(28)35/h1-17,19H/b21-17+. The number of para-hydroxylation sites is 2. The van der Waals surface area contributed by atoms with Gasteiger partial charge in [-0.1, -0.05) is 66.4 Å². The Kier molecular flexibility index (Phi) is 5.24. The second-order valence-corrected chi connectivity index (χ2v) is 10.8. The molecule has 7 rings (SSSR count). The maximum atomic E-state index is 10.2. The zero-order chi connectivity index (χ0) is 24.8. The topological polar surface area (TPSA) is 52.8 Å². The van der Waals surface area contributed by atoms with Crippen LogP contribution in [0.5, 0.6) is 0 Å². The molecule has 3 heterocycles. The van der Waals surface area contributed by atoms with Gasteiger partial charge in [0.15, 0.2) is 0 Å². The summed E-state index contributed by atoms with van der Waals surface area (Å²) in [7, 11) is 0. The Morgan fingerprint density at radius 3 is 2.30 bits per heavy atom. The maximum absolute atomic E-state index is 10.2. The summed E-state index contributed by atoms with van der Waals surface area (Å²) in [6.45, 7) is 0. The van der Waals surface area contributed by atoms with Crippen LogP contribution < -0.4 is 4.90 Å². The normalized spacial score (nSPS) is 12.8. The summed E-state index contributed by atoms with van der Waals surface area (Å²) < 4.78 is 0. The lowest BCUT2D eigenvalue weighted by Crippen LogP contribution is -2.13. The molecule has 6 aromatic rings. The molecule has 0 radical (unpaired) electrons. The van der Waals surface area contributed by atoms with Gasteiger partial charge in [-0.15, -0.1) is 11.3 Å². The molecule has 0 atom stereocenters. The third-order valence-corrected chi connectivity index (χ3v) is 8.60. The highest BCUT2D eigenvalue weighted by molar-refractivity contribution is 7.99. The molecule has 1 aliphatic rings. The van der Waals surface area contributed by atoms with Crippen molar-refractivity contribution in [1.82, 2.24) is 9.97 Å². The highest BCUT2D eigenvalue weighted by atomic mass is 32.2. The second kappa shape index (κ2) is 8.90. The molecule has 2 aromatic heterocycles. The highest BCUT2D eigenvalue weighted by Crippen LogP contribution is 2.52. The number of hydrogen-bond acceptors (Lipinski definition) is 6. The molecule has 0 N–H and O–H groups in total. The van der Waals surface area contributed by atoms with Crippen molar-refractivity contribution in [2.24, 2.45) is 0 Å². The molecule has 0 saturated heterocycles. The molecule has 0 amide bonds. The predicted molar refractivity (Wildman–Crippen MR) is 154 cm³/mol. The van der Waals surface area contributed by atoms with E-state index in [4.69, 9.17) is 0 Å². The number of allylic oxidation sites excluding steroid dienone is 1. The summed E-state index contributed by atoms with van der Waals surface area (Å²) in [5.74, 6) is 0. The van der Waals surface area contributed by atoms with Gasteiger partial charge in [0.25, 0.3) is 0 Å². The summed E-state index contributed by atoms with van der Waals surface area (Å²) in [6.07, 6.45) is 3.48. The van der Waals surface area contributed by atoms with Gasteiger partial charge in [-0.3, -0.25) is 4.90 Å². The molecule has 0 bridgehead atoms. The number of fused-ring (bicyclic) bond motifs is 5. The Balaban J connectivity index is 1.35. The van der Waals surface area contributed by atoms with E-state index in [1.807, 2.05) is 24.3 Å². The molecule has 0 unspecified atom stereocenters. The highest BCUT2D eigenvalue weighted by Gasteiger charge is 2.25. The Labute approximate surface area is 222 Å². The van der Waals surface area contributed by atoms with E-state index in [1.54, 1.807) is 23.1 Å². The maximum Gasteiger partial charge on any atom is 0.116 e. The van der Waals surface area contributed by atoms with Crippen molar-refractivity contribution >= 4 is 72.8 Å². The van der Waals surface area contributed by atoms with E-state index >= 15 is 0 Å². The van der Waals surface area contributed by atoms with E-state index in [0.29, 0.717) is 11.3 Å². The number of nitriles is 1. The van der Waals surface area contributed by atoms with Crippen LogP contribution in [0.1, 0.15) is 10.6 Å². The summed E-state index contributed by atoms with van der Waals surface area (Å²) in [5, 5.41) is 14.3. The summed E-state index contributed by atoms with van der Waals surface area (Å²) in [5.41, 5.74) is 4.34. The van der Waals surface area contributed by atoms with E-state index < -0.39 is 0 Å². The van der Waals surface area contributed by atoms with E-state index in [-0.39, 0.29) is 0 Å². The van der Waals surface area contributed by atoms with Crippen molar-refractivity contribution in [2.45, 2.75) is 9.79 Å². The zero-order valence-electron chi connectivity index (χ0n) is 19.5. The van der Waals surface area contributed by atoms with Crippen LogP contribution in [0.15, 0.2) is 113 Å². The molecule has 4 nitrogen and oxygen atoms in total. The van der Waals surface area contributed by atoms with E-state index in [1.165, 1.54) is 16.1 Å². The Bertz CT molecular complexity index is 1850.